The summed E-state index contributed by atoms with van der Waals surface area (Å²) >= 11 is 0. The van der Waals surface area contributed by atoms with Crippen LogP contribution in [-0.2, 0) is 11.3 Å². The Kier molecular flexibility index (Phi) is 4.17. The van der Waals surface area contributed by atoms with Crippen LogP contribution in [0, 0.1) is 0 Å². The number of hydrogen-bond donors (Lipinski definition) is 2. The third-order valence-electron chi connectivity index (χ3n) is 2.93. The van der Waals surface area contributed by atoms with Gasteiger partial charge in [0.05, 0.1) is 5.69 Å². The van der Waals surface area contributed by atoms with Gasteiger partial charge in [-0.2, -0.15) is 0 Å². The first-order chi connectivity index (χ1) is 8.76. The van der Waals surface area contributed by atoms with Crippen LogP contribution in [0.1, 0.15) is 5.56 Å². The molecule has 1 aromatic rings. The monoisotopic (exact) mass is 249 g/mol. The van der Waals surface area contributed by atoms with E-state index in [1.165, 1.54) is 0 Å². The Balaban J connectivity index is 2.27. The molecule has 2 N–H and O–H groups in total. The average Bonchev–Trinajstić information content (AvgIpc) is 2.38. The number of likely N-dealkylation sites (N-methyl/N-ethyl adjacent to an activating group) is 1. The van der Waals surface area contributed by atoms with Gasteiger partial charge in [0.15, 0.2) is 6.61 Å². The van der Waals surface area contributed by atoms with Crippen molar-refractivity contribution in [1.82, 2.24) is 10.6 Å². The molecule has 2 rings (SSSR count). The number of nitrogens with zero attached hydrogens (tertiary/aromatic N) is 1. The van der Waals surface area contributed by atoms with E-state index in [2.05, 4.69) is 10.6 Å². The molecular weight excluding hydrogens is 230 g/mol. The van der Waals surface area contributed by atoms with Crippen LogP contribution in [0.5, 0.6) is 5.75 Å². The molecule has 0 aliphatic carbocycles. The van der Waals surface area contributed by atoms with Gasteiger partial charge in [0, 0.05) is 19.6 Å². The van der Waals surface area contributed by atoms with Gasteiger partial charge < -0.3 is 20.3 Å². The van der Waals surface area contributed by atoms with Crippen molar-refractivity contribution >= 4 is 11.6 Å². The molecule has 0 spiro atoms. The van der Waals surface area contributed by atoms with Crippen LogP contribution in [0.3, 0.4) is 0 Å². The SMILES string of the molecule is CNCCN1C(=O)COc2ccc(CNC)cc21. The minimum absolute atomic E-state index is 0.0133. The van der Waals surface area contributed by atoms with E-state index in [1.54, 1.807) is 4.90 Å². The Morgan fingerprint density at radius 1 is 1.33 bits per heavy atom. The van der Waals surface area contributed by atoms with Crippen LogP contribution in [0.2, 0.25) is 0 Å². The quantitative estimate of drug-likeness (QED) is 0.790. The summed E-state index contributed by atoms with van der Waals surface area (Å²) in [6.45, 7) is 2.33. The molecule has 5 heteroatoms. The van der Waals surface area contributed by atoms with Crippen LogP contribution >= 0.6 is 0 Å². The molecule has 1 amide bonds. The van der Waals surface area contributed by atoms with Crippen molar-refractivity contribution in [2.75, 3.05) is 38.7 Å². The Hall–Kier alpha value is -1.59. The van der Waals surface area contributed by atoms with E-state index in [-0.39, 0.29) is 12.5 Å². The zero-order valence-corrected chi connectivity index (χ0v) is 10.8. The van der Waals surface area contributed by atoms with Gasteiger partial charge in [-0.15, -0.1) is 0 Å². The smallest absolute Gasteiger partial charge is 0.265 e. The van der Waals surface area contributed by atoms with Crippen LogP contribution in [0.25, 0.3) is 0 Å². The topological polar surface area (TPSA) is 53.6 Å². The zero-order valence-electron chi connectivity index (χ0n) is 10.8. The summed E-state index contributed by atoms with van der Waals surface area (Å²) in [6.07, 6.45) is 0. The number of amides is 1. The summed E-state index contributed by atoms with van der Waals surface area (Å²) < 4.78 is 5.45. The van der Waals surface area contributed by atoms with Gasteiger partial charge in [0.1, 0.15) is 5.75 Å². The van der Waals surface area contributed by atoms with Gasteiger partial charge in [-0.05, 0) is 31.8 Å². The normalized spacial score (nSPS) is 14.3. The summed E-state index contributed by atoms with van der Waals surface area (Å²) in [5.41, 5.74) is 2.01. The maximum atomic E-state index is 11.9. The highest BCUT2D eigenvalue weighted by Crippen LogP contribution is 2.32. The van der Waals surface area contributed by atoms with Crippen molar-refractivity contribution in [2.45, 2.75) is 6.54 Å². The summed E-state index contributed by atoms with van der Waals surface area (Å²) in [7, 11) is 3.78. The van der Waals surface area contributed by atoms with Gasteiger partial charge in [0.2, 0.25) is 0 Å². The number of ether oxygens (including phenoxy) is 1. The van der Waals surface area contributed by atoms with Gasteiger partial charge in [-0.3, -0.25) is 4.79 Å². The van der Waals surface area contributed by atoms with E-state index >= 15 is 0 Å². The molecule has 0 saturated carbocycles. The van der Waals surface area contributed by atoms with Crippen molar-refractivity contribution in [3.8, 4) is 5.75 Å². The second-order valence-corrected chi connectivity index (χ2v) is 4.27. The van der Waals surface area contributed by atoms with E-state index < -0.39 is 0 Å². The zero-order chi connectivity index (χ0) is 13.0. The fourth-order valence-electron chi connectivity index (χ4n) is 2.03. The van der Waals surface area contributed by atoms with E-state index in [0.717, 1.165) is 30.1 Å². The second-order valence-electron chi connectivity index (χ2n) is 4.27. The molecule has 0 radical (unpaired) electrons. The van der Waals surface area contributed by atoms with Crippen molar-refractivity contribution in [2.24, 2.45) is 0 Å². The summed E-state index contributed by atoms with van der Waals surface area (Å²) in [6, 6.07) is 5.96. The van der Waals surface area contributed by atoms with Crippen molar-refractivity contribution in [3.05, 3.63) is 23.8 Å². The second kappa shape index (κ2) is 5.84. The minimum Gasteiger partial charge on any atom is -0.482 e. The van der Waals surface area contributed by atoms with Crippen LogP contribution < -0.4 is 20.3 Å². The van der Waals surface area contributed by atoms with E-state index in [4.69, 9.17) is 4.74 Å². The molecule has 1 heterocycles. The lowest BCUT2D eigenvalue weighted by Gasteiger charge is -2.29. The lowest BCUT2D eigenvalue weighted by Crippen LogP contribution is -2.42. The van der Waals surface area contributed by atoms with E-state index in [0.29, 0.717) is 6.54 Å². The van der Waals surface area contributed by atoms with Gasteiger partial charge >= 0.3 is 0 Å². The summed E-state index contributed by atoms with van der Waals surface area (Å²) in [5, 5.41) is 6.16. The van der Waals surface area contributed by atoms with E-state index in [9.17, 15) is 4.79 Å². The van der Waals surface area contributed by atoms with Crippen LogP contribution in [-0.4, -0.2) is 39.7 Å². The van der Waals surface area contributed by atoms with Gasteiger partial charge in [-0.25, -0.2) is 0 Å². The Bertz CT molecular complexity index is 434. The van der Waals surface area contributed by atoms with Gasteiger partial charge in [0.25, 0.3) is 5.91 Å². The highest BCUT2D eigenvalue weighted by Gasteiger charge is 2.25. The average molecular weight is 249 g/mol. The molecular formula is C13H19N3O2. The molecule has 0 unspecified atom stereocenters. The van der Waals surface area contributed by atoms with Crippen molar-refractivity contribution in [1.29, 1.82) is 0 Å². The molecule has 98 valence electrons. The minimum atomic E-state index is 0.0133. The largest absolute Gasteiger partial charge is 0.482 e. The van der Waals surface area contributed by atoms with Crippen LogP contribution in [0.15, 0.2) is 18.2 Å². The third-order valence-corrected chi connectivity index (χ3v) is 2.93. The number of carbonyl (C=O) groups excluding carboxylic acids is 1. The molecule has 0 fully saturated rings. The first kappa shape index (κ1) is 12.9. The van der Waals surface area contributed by atoms with Crippen molar-refractivity contribution < 1.29 is 9.53 Å². The molecule has 1 aliphatic heterocycles. The van der Waals surface area contributed by atoms with Gasteiger partial charge in [-0.1, -0.05) is 6.07 Å². The highest BCUT2D eigenvalue weighted by molar-refractivity contribution is 5.97. The maximum absolute atomic E-state index is 11.9. The molecule has 1 aromatic carbocycles. The number of benzene rings is 1. The third kappa shape index (κ3) is 2.63. The molecule has 0 saturated heterocycles. The van der Waals surface area contributed by atoms with E-state index in [1.807, 2.05) is 32.3 Å². The number of carbonyl (C=O) groups is 1. The first-order valence-electron chi connectivity index (χ1n) is 6.11. The number of anilines is 1. The summed E-state index contributed by atoms with van der Waals surface area (Å²) in [5.74, 6) is 0.796. The number of hydrogen-bond acceptors (Lipinski definition) is 4. The molecule has 0 aromatic heterocycles. The lowest BCUT2D eigenvalue weighted by atomic mass is 10.1. The fraction of sp³-hybridized carbons (Fsp3) is 0.462. The fourth-order valence-corrected chi connectivity index (χ4v) is 2.03. The number of rotatable bonds is 5. The molecule has 18 heavy (non-hydrogen) atoms. The predicted octanol–water partition coefficient (Wildman–Crippen LogP) is 0.351. The number of nitrogens with one attached hydrogen (secondary N) is 2. The predicted molar refractivity (Wildman–Crippen MR) is 71.0 cm³/mol. The summed E-state index contributed by atoms with van der Waals surface area (Å²) in [4.78, 5) is 13.7. The molecule has 0 bridgehead atoms. The highest BCUT2D eigenvalue weighted by atomic mass is 16.5. The molecule has 1 aliphatic rings. The Morgan fingerprint density at radius 3 is 2.89 bits per heavy atom. The molecule has 5 nitrogen and oxygen atoms in total. The Labute approximate surface area is 107 Å². The standard InChI is InChI=1S/C13H19N3O2/c1-14-5-6-16-11-7-10(8-15-2)3-4-12(11)18-9-13(16)17/h3-4,7,14-15H,5-6,8-9H2,1-2H3. The van der Waals surface area contributed by atoms with Crippen LogP contribution in [0.4, 0.5) is 5.69 Å². The molecule has 0 atom stereocenters. The van der Waals surface area contributed by atoms with Crippen molar-refractivity contribution in [3.63, 3.8) is 0 Å². The first-order valence-corrected chi connectivity index (χ1v) is 6.11. The number of fused-ring (bicyclic) bond motifs is 1. The maximum Gasteiger partial charge on any atom is 0.265 e. The Morgan fingerprint density at radius 2 is 2.17 bits per heavy atom. The lowest BCUT2D eigenvalue weighted by molar-refractivity contribution is -0.121.